The van der Waals surface area contributed by atoms with Crippen LogP contribution in [0.25, 0.3) is 0 Å². The summed E-state index contributed by atoms with van der Waals surface area (Å²) in [6, 6.07) is 3.31. The van der Waals surface area contributed by atoms with Gasteiger partial charge in [-0.05, 0) is 43.5 Å². The molecular formula is C14H24N2O2S. The lowest BCUT2D eigenvalue weighted by Crippen LogP contribution is -2.25. The van der Waals surface area contributed by atoms with E-state index in [4.69, 9.17) is 5.73 Å². The maximum atomic E-state index is 12.2. The van der Waals surface area contributed by atoms with E-state index in [1.807, 2.05) is 6.92 Å². The second-order valence-corrected chi connectivity index (χ2v) is 6.65. The average Bonchev–Trinajstić information content (AvgIpc) is 2.33. The molecule has 0 aliphatic rings. The Labute approximate surface area is 116 Å². The monoisotopic (exact) mass is 284 g/mol. The summed E-state index contributed by atoms with van der Waals surface area (Å²) in [6.45, 7) is 6.28. The Bertz CT molecular complexity index is 524. The molecule has 0 amide bonds. The van der Waals surface area contributed by atoms with Gasteiger partial charge in [-0.3, -0.25) is 0 Å². The van der Waals surface area contributed by atoms with Crippen molar-refractivity contribution in [1.29, 1.82) is 0 Å². The predicted molar refractivity (Wildman–Crippen MR) is 79.7 cm³/mol. The minimum Gasteiger partial charge on any atom is -0.399 e. The van der Waals surface area contributed by atoms with Crippen LogP contribution in [-0.4, -0.2) is 15.0 Å². The number of nitrogens with one attached hydrogen (secondary N) is 1. The molecule has 3 N–H and O–H groups in total. The van der Waals surface area contributed by atoms with Crippen LogP contribution in [0, 0.1) is 13.8 Å². The first-order valence-electron chi connectivity index (χ1n) is 6.75. The summed E-state index contributed by atoms with van der Waals surface area (Å²) < 4.78 is 27.1. The Morgan fingerprint density at radius 1 is 1.16 bits per heavy atom. The van der Waals surface area contributed by atoms with Crippen LogP contribution in [0.1, 0.15) is 43.7 Å². The van der Waals surface area contributed by atoms with E-state index < -0.39 is 10.0 Å². The highest BCUT2D eigenvalue weighted by atomic mass is 32.2. The van der Waals surface area contributed by atoms with Crippen LogP contribution in [0.3, 0.4) is 0 Å². The largest absolute Gasteiger partial charge is 0.399 e. The maximum Gasteiger partial charge on any atom is 0.240 e. The van der Waals surface area contributed by atoms with Crippen molar-refractivity contribution in [1.82, 2.24) is 4.72 Å². The number of unbranched alkanes of at least 4 members (excludes halogenated alkanes) is 3. The topological polar surface area (TPSA) is 72.2 Å². The summed E-state index contributed by atoms with van der Waals surface area (Å²) in [5.74, 6) is 0. The predicted octanol–water partition coefficient (Wildman–Crippen LogP) is 2.74. The summed E-state index contributed by atoms with van der Waals surface area (Å²) in [5.41, 5.74) is 7.86. The molecule has 0 saturated heterocycles. The van der Waals surface area contributed by atoms with Crippen LogP contribution >= 0.6 is 0 Å². The molecule has 1 aromatic rings. The number of nitrogens with two attached hydrogens (primary N) is 1. The lowest BCUT2D eigenvalue weighted by Gasteiger charge is -2.12. The van der Waals surface area contributed by atoms with E-state index in [2.05, 4.69) is 11.6 Å². The normalized spacial score (nSPS) is 11.7. The molecule has 0 heterocycles. The highest BCUT2D eigenvalue weighted by Gasteiger charge is 2.17. The number of hydrogen-bond acceptors (Lipinski definition) is 3. The van der Waals surface area contributed by atoms with Gasteiger partial charge in [0.25, 0.3) is 0 Å². The molecule has 0 saturated carbocycles. The molecule has 108 valence electrons. The summed E-state index contributed by atoms with van der Waals surface area (Å²) in [6.07, 6.45) is 4.19. The highest BCUT2D eigenvalue weighted by Crippen LogP contribution is 2.22. The van der Waals surface area contributed by atoms with E-state index in [1.54, 1.807) is 13.0 Å². The molecule has 0 aliphatic carbocycles. The summed E-state index contributed by atoms with van der Waals surface area (Å²) in [7, 11) is -3.45. The Balaban J connectivity index is 2.78. The zero-order chi connectivity index (χ0) is 14.5. The third kappa shape index (κ3) is 4.51. The van der Waals surface area contributed by atoms with Crippen molar-refractivity contribution in [3.8, 4) is 0 Å². The van der Waals surface area contributed by atoms with Gasteiger partial charge in [0.2, 0.25) is 10.0 Å². The van der Waals surface area contributed by atoms with Crippen molar-refractivity contribution >= 4 is 15.7 Å². The van der Waals surface area contributed by atoms with Crippen LogP contribution in [0.2, 0.25) is 0 Å². The van der Waals surface area contributed by atoms with Crippen molar-refractivity contribution in [3.63, 3.8) is 0 Å². The molecule has 0 fully saturated rings. The Morgan fingerprint density at radius 2 is 1.84 bits per heavy atom. The first-order chi connectivity index (χ1) is 8.88. The summed E-state index contributed by atoms with van der Waals surface area (Å²) in [4.78, 5) is 0.292. The van der Waals surface area contributed by atoms with E-state index in [9.17, 15) is 8.42 Å². The van der Waals surface area contributed by atoms with Crippen molar-refractivity contribution in [2.75, 3.05) is 12.3 Å². The van der Waals surface area contributed by atoms with Crippen molar-refractivity contribution in [2.24, 2.45) is 0 Å². The molecule has 1 aromatic carbocycles. The molecule has 0 atom stereocenters. The fraction of sp³-hybridized carbons (Fsp3) is 0.571. The third-order valence-electron chi connectivity index (χ3n) is 3.25. The minimum atomic E-state index is -3.45. The van der Waals surface area contributed by atoms with Crippen LogP contribution in [0.5, 0.6) is 0 Å². The smallest absolute Gasteiger partial charge is 0.240 e. The first-order valence-corrected chi connectivity index (χ1v) is 8.23. The maximum absolute atomic E-state index is 12.2. The molecule has 0 aromatic heterocycles. The Kier molecular flexibility index (Phi) is 5.82. The van der Waals surface area contributed by atoms with Crippen LogP contribution in [-0.2, 0) is 10.0 Å². The van der Waals surface area contributed by atoms with Crippen molar-refractivity contribution in [2.45, 2.75) is 51.3 Å². The van der Waals surface area contributed by atoms with E-state index in [0.717, 1.165) is 36.8 Å². The van der Waals surface area contributed by atoms with Gasteiger partial charge in [-0.25, -0.2) is 13.1 Å². The van der Waals surface area contributed by atoms with Crippen LogP contribution in [0.15, 0.2) is 17.0 Å². The molecule has 19 heavy (non-hydrogen) atoms. The molecule has 5 heteroatoms. The number of benzene rings is 1. The average molecular weight is 284 g/mol. The van der Waals surface area contributed by atoms with Gasteiger partial charge in [-0.15, -0.1) is 0 Å². The van der Waals surface area contributed by atoms with E-state index in [0.29, 0.717) is 17.1 Å². The fourth-order valence-corrected chi connectivity index (χ4v) is 3.39. The lowest BCUT2D eigenvalue weighted by atomic mass is 10.1. The summed E-state index contributed by atoms with van der Waals surface area (Å²) >= 11 is 0. The van der Waals surface area contributed by atoms with Crippen LogP contribution in [0.4, 0.5) is 5.69 Å². The molecule has 4 nitrogen and oxygen atoms in total. The first kappa shape index (κ1) is 16.0. The van der Waals surface area contributed by atoms with Gasteiger partial charge in [-0.1, -0.05) is 26.2 Å². The van der Waals surface area contributed by atoms with Gasteiger partial charge in [-0.2, -0.15) is 0 Å². The van der Waals surface area contributed by atoms with Gasteiger partial charge in [0.1, 0.15) is 0 Å². The van der Waals surface area contributed by atoms with Gasteiger partial charge in [0.05, 0.1) is 4.90 Å². The Morgan fingerprint density at radius 3 is 2.47 bits per heavy atom. The zero-order valence-corrected chi connectivity index (χ0v) is 12.8. The number of rotatable bonds is 7. The molecule has 0 bridgehead atoms. The molecule has 0 spiro atoms. The van der Waals surface area contributed by atoms with Crippen LogP contribution < -0.4 is 10.5 Å². The molecule has 1 rings (SSSR count). The van der Waals surface area contributed by atoms with Gasteiger partial charge in [0.15, 0.2) is 0 Å². The van der Waals surface area contributed by atoms with E-state index >= 15 is 0 Å². The lowest BCUT2D eigenvalue weighted by molar-refractivity contribution is 0.573. The van der Waals surface area contributed by atoms with Crippen molar-refractivity contribution < 1.29 is 8.42 Å². The van der Waals surface area contributed by atoms with Crippen molar-refractivity contribution in [3.05, 3.63) is 23.3 Å². The molecule has 0 aliphatic heterocycles. The second-order valence-electron chi connectivity index (χ2n) is 4.92. The van der Waals surface area contributed by atoms with E-state index in [-0.39, 0.29) is 0 Å². The quantitative estimate of drug-likeness (QED) is 0.597. The number of hydrogen-bond donors (Lipinski definition) is 2. The van der Waals surface area contributed by atoms with Gasteiger partial charge >= 0.3 is 0 Å². The van der Waals surface area contributed by atoms with Gasteiger partial charge < -0.3 is 5.73 Å². The summed E-state index contributed by atoms with van der Waals surface area (Å²) in [5, 5.41) is 0. The molecule has 0 unspecified atom stereocenters. The van der Waals surface area contributed by atoms with Gasteiger partial charge in [0, 0.05) is 12.2 Å². The zero-order valence-electron chi connectivity index (χ0n) is 12.0. The number of anilines is 1. The second kappa shape index (κ2) is 6.91. The molecular weight excluding hydrogens is 260 g/mol. The number of sulfonamides is 1. The third-order valence-corrected chi connectivity index (χ3v) is 4.84. The standard InChI is InChI=1S/C14H24N2O2S/c1-4-5-6-7-8-16-19(17,18)14-10-13(15)9-11(2)12(14)3/h9-10,16H,4-8,15H2,1-3H3. The minimum absolute atomic E-state index is 0.292. The SMILES string of the molecule is CCCCCCNS(=O)(=O)c1cc(N)cc(C)c1C. The fourth-order valence-electron chi connectivity index (χ4n) is 1.97. The number of nitrogen functional groups attached to an aromatic ring is 1. The highest BCUT2D eigenvalue weighted by molar-refractivity contribution is 7.89. The molecule has 0 radical (unpaired) electrons. The Hall–Kier alpha value is -1.07. The van der Waals surface area contributed by atoms with E-state index in [1.165, 1.54) is 6.07 Å². The number of aryl methyl sites for hydroxylation is 1.